The van der Waals surface area contributed by atoms with Crippen molar-refractivity contribution in [2.45, 2.75) is 31.7 Å². The Kier molecular flexibility index (Phi) is 5.21. The number of nitrogens with zero attached hydrogens (tertiary/aromatic N) is 4. The monoisotopic (exact) mass is 439 g/mol. The summed E-state index contributed by atoms with van der Waals surface area (Å²) >= 11 is 0. The molecule has 1 N–H and O–H groups in total. The standard InChI is InChI=1S/C21H21N5O6/c27-17-5-8-25(21(29)22-17)9-6-18(28)26-7-1-2-14(11-26)20-24-23-19(32-20)13-3-4-15-16(10-13)31-12-30-15/h3-5,8,10,14H,1-2,6-7,9,11-12H2,(H,22,27,29)/t14-/m0/s1. The Hall–Kier alpha value is -3.89. The summed E-state index contributed by atoms with van der Waals surface area (Å²) in [4.78, 5) is 39.6. The smallest absolute Gasteiger partial charge is 0.328 e. The molecule has 1 amide bonds. The SMILES string of the molecule is O=C(CCn1ccc(=O)[nH]c1=O)N1CCC[C@H](c2nnc(-c3ccc4c(c3)OCO4)o2)C1. The first kappa shape index (κ1) is 20.0. The molecule has 1 saturated heterocycles. The summed E-state index contributed by atoms with van der Waals surface area (Å²) in [6.45, 7) is 1.50. The molecule has 3 aromatic rings. The zero-order valence-corrected chi connectivity index (χ0v) is 17.2. The molecule has 0 saturated carbocycles. The van der Waals surface area contributed by atoms with Crippen LogP contribution in [0.2, 0.25) is 0 Å². The lowest BCUT2D eigenvalue weighted by Gasteiger charge is -2.31. The molecule has 166 valence electrons. The molecule has 2 aliphatic rings. The minimum Gasteiger partial charge on any atom is -0.454 e. The van der Waals surface area contributed by atoms with Crippen LogP contribution < -0.4 is 20.7 Å². The number of carbonyl (C=O) groups is 1. The number of aromatic nitrogens is 4. The molecule has 11 heteroatoms. The van der Waals surface area contributed by atoms with Crippen LogP contribution >= 0.6 is 0 Å². The maximum Gasteiger partial charge on any atom is 0.328 e. The molecule has 0 bridgehead atoms. The molecule has 2 aliphatic heterocycles. The first-order chi connectivity index (χ1) is 15.6. The predicted octanol–water partition coefficient (Wildman–Crippen LogP) is 1.11. The largest absolute Gasteiger partial charge is 0.454 e. The van der Waals surface area contributed by atoms with Crippen LogP contribution in [0.1, 0.15) is 31.1 Å². The molecule has 11 nitrogen and oxygen atoms in total. The van der Waals surface area contributed by atoms with E-state index in [1.807, 2.05) is 6.07 Å². The van der Waals surface area contributed by atoms with Crippen molar-refractivity contribution in [3.63, 3.8) is 0 Å². The first-order valence-electron chi connectivity index (χ1n) is 10.4. The quantitative estimate of drug-likeness (QED) is 0.625. The van der Waals surface area contributed by atoms with E-state index < -0.39 is 11.2 Å². The van der Waals surface area contributed by atoms with Gasteiger partial charge in [-0.05, 0) is 31.0 Å². The van der Waals surface area contributed by atoms with Gasteiger partial charge in [0.25, 0.3) is 5.56 Å². The summed E-state index contributed by atoms with van der Waals surface area (Å²) in [5.41, 5.74) is -0.247. The maximum atomic E-state index is 12.7. The normalized spacial score (nSPS) is 17.5. The van der Waals surface area contributed by atoms with Gasteiger partial charge >= 0.3 is 5.69 Å². The molecule has 0 radical (unpaired) electrons. The molecule has 0 aliphatic carbocycles. The number of piperidine rings is 1. The summed E-state index contributed by atoms with van der Waals surface area (Å²) in [6.07, 6.45) is 3.21. The van der Waals surface area contributed by atoms with Crippen LogP contribution in [0.4, 0.5) is 0 Å². The lowest BCUT2D eigenvalue weighted by Crippen LogP contribution is -2.40. The molecule has 2 aromatic heterocycles. The number of nitrogens with one attached hydrogen (secondary N) is 1. The lowest BCUT2D eigenvalue weighted by molar-refractivity contribution is -0.132. The van der Waals surface area contributed by atoms with Crippen LogP contribution in [0, 0.1) is 0 Å². The van der Waals surface area contributed by atoms with Gasteiger partial charge in [0.15, 0.2) is 11.5 Å². The topological polar surface area (TPSA) is 133 Å². The van der Waals surface area contributed by atoms with Crippen molar-refractivity contribution in [2.75, 3.05) is 19.9 Å². The van der Waals surface area contributed by atoms with Crippen LogP contribution in [0.15, 0.2) is 44.5 Å². The number of likely N-dealkylation sites (tertiary alicyclic amines) is 1. The van der Waals surface area contributed by atoms with Gasteiger partial charge in [0.2, 0.25) is 24.5 Å². The van der Waals surface area contributed by atoms with E-state index in [4.69, 9.17) is 13.9 Å². The van der Waals surface area contributed by atoms with E-state index in [2.05, 4.69) is 15.2 Å². The van der Waals surface area contributed by atoms with Gasteiger partial charge in [0.05, 0.1) is 5.92 Å². The second kappa shape index (κ2) is 8.33. The predicted molar refractivity (Wildman–Crippen MR) is 110 cm³/mol. The highest BCUT2D eigenvalue weighted by Gasteiger charge is 2.28. The van der Waals surface area contributed by atoms with E-state index in [9.17, 15) is 14.4 Å². The van der Waals surface area contributed by atoms with Crippen molar-refractivity contribution < 1.29 is 18.7 Å². The van der Waals surface area contributed by atoms with Crippen molar-refractivity contribution in [1.82, 2.24) is 24.6 Å². The summed E-state index contributed by atoms with van der Waals surface area (Å²) in [6, 6.07) is 6.70. The average Bonchev–Trinajstić information content (AvgIpc) is 3.47. The van der Waals surface area contributed by atoms with E-state index in [1.54, 1.807) is 17.0 Å². The number of fused-ring (bicyclic) bond motifs is 1. The molecule has 32 heavy (non-hydrogen) atoms. The molecular weight excluding hydrogens is 418 g/mol. The second-order valence-corrected chi connectivity index (χ2v) is 7.75. The van der Waals surface area contributed by atoms with Gasteiger partial charge in [-0.2, -0.15) is 0 Å². The van der Waals surface area contributed by atoms with Crippen LogP contribution in [-0.4, -0.2) is 50.4 Å². The van der Waals surface area contributed by atoms with Gasteiger partial charge in [-0.3, -0.25) is 14.6 Å². The number of hydrogen-bond donors (Lipinski definition) is 1. The Morgan fingerprint density at radius 3 is 2.91 bits per heavy atom. The van der Waals surface area contributed by atoms with Gasteiger partial charge in [-0.1, -0.05) is 0 Å². The van der Waals surface area contributed by atoms with Gasteiger partial charge < -0.3 is 23.4 Å². The number of carbonyl (C=O) groups excluding carboxylic acids is 1. The minimum atomic E-state index is -0.524. The second-order valence-electron chi connectivity index (χ2n) is 7.75. The number of rotatable bonds is 5. The number of benzene rings is 1. The highest BCUT2D eigenvalue weighted by Crippen LogP contribution is 2.36. The van der Waals surface area contributed by atoms with E-state index in [0.29, 0.717) is 36.4 Å². The third-order valence-electron chi connectivity index (χ3n) is 5.65. The number of hydrogen-bond acceptors (Lipinski definition) is 8. The molecule has 1 aromatic carbocycles. The fourth-order valence-electron chi connectivity index (χ4n) is 3.95. The molecule has 0 spiro atoms. The summed E-state index contributed by atoms with van der Waals surface area (Å²) in [7, 11) is 0. The van der Waals surface area contributed by atoms with E-state index >= 15 is 0 Å². The van der Waals surface area contributed by atoms with Crippen LogP contribution in [0.25, 0.3) is 11.5 Å². The Bertz CT molecular complexity index is 1260. The zero-order chi connectivity index (χ0) is 22.1. The van der Waals surface area contributed by atoms with Crippen LogP contribution in [0.3, 0.4) is 0 Å². The zero-order valence-electron chi connectivity index (χ0n) is 17.2. The highest BCUT2D eigenvalue weighted by molar-refractivity contribution is 5.76. The van der Waals surface area contributed by atoms with Crippen molar-refractivity contribution in [2.24, 2.45) is 0 Å². The van der Waals surface area contributed by atoms with E-state index in [0.717, 1.165) is 18.4 Å². The molecule has 1 fully saturated rings. The lowest BCUT2D eigenvalue weighted by atomic mass is 9.98. The molecule has 1 atom stereocenters. The fraction of sp³-hybridized carbons (Fsp3) is 0.381. The number of aromatic amines is 1. The highest BCUT2D eigenvalue weighted by atomic mass is 16.7. The summed E-state index contributed by atoms with van der Waals surface area (Å²) in [5.74, 6) is 2.07. The van der Waals surface area contributed by atoms with Gasteiger partial charge in [0.1, 0.15) is 0 Å². The number of aryl methyl sites for hydroxylation is 1. The van der Waals surface area contributed by atoms with E-state index in [1.165, 1.54) is 16.8 Å². The molecule has 5 rings (SSSR count). The first-order valence-corrected chi connectivity index (χ1v) is 10.4. The number of H-pyrrole nitrogens is 1. The fourth-order valence-corrected chi connectivity index (χ4v) is 3.95. The van der Waals surface area contributed by atoms with Crippen LogP contribution in [-0.2, 0) is 11.3 Å². The summed E-state index contributed by atoms with van der Waals surface area (Å²) < 4.78 is 18.0. The van der Waals surface area contributed by atoms with Crippen LogP contribution in [0.5, 0.6) is 11.5 Å². The molecule has 4 heterocycles. The number of amides is 1. The van der Waals surface area contributed by atoms with Crippen molar-refractivity contribution >= 4 is 5.91 Å². The van der Waals surface area contributed by atoms with Crippen molar-refractivity contribution in [3.8, 4) is 23.0 Å². The third kappa shape index (κ3) is 4.01. The van der Waals surface area contributed by atoms with Gasteiger partial charge in [-0.15, -0.1) is 10.2 Å². The van der Waals surface area contributed by atoms with E-state index in [-0.39, 0.29) is 31.6 Å². The van der Waals surface area contributed by atoms with Gasteiger partial charge in [0, 0.05) is 43.9 Å². The average molecular weight is 439 g/mol. The Balaban J connectivity index is 1.23. The minimum absolute atomic E-state index is 0.0567. The Morgan fingerprint density at radius 1 is 1.16 bits per heavy atom. The summed E-state index contributed by atoms with van der Waals surface area (Å²) in [5, 5.41) is 8.38. The molecule has 0 unspecified atom stereocenters. The number of ether oxygens (including phenoxy) is 2. The molecular formula is C21H21N5O6. The Morgan fingerprint density at radius 2 is 2.03 bits per heavy atom. The third-order valence-corrected chi connectivity index (χ3v) is 5.65. The van der Waals surface area contributed by atoms with Crippen molar-refractivity contribution in [1.29, 1.82) is 0 Å². The maximum absolute atomic E-state index is 12.7. The van der Waals surface area contributed by atoms with Gasteiger partial charge in [-0.25, -0.2) is 4.79 Å². The Labute approximate surface area is 181 Å². The van der Waals surface area contributed by atoms with Crippen molar-refractivity contribution in [3.05, 3.63) is 57.2 Å².